The number of nitrogens with zero attached hydrogens (tertiary/aromatic N) is 3. The van der Waals surface area contributed by atoms with Crippen molar-refractivity contribution in [2.75, 3.05) is 7.11 Å². The van der Waals surface area contributed by atoms with Gasteiger partial charge in [-0.05, 0) is 42.7 Å². The van der Waals surface area contributed by atoms with Crippen LogP contribution in [0.25, 0.3) is 11.4 Å². The number of carbonyl (C=O) groups is 1. The Labute approximate surface area is 157 Å². The van der Waals surface area contributed by atoms with Crippen LogP contribution < -0.4 is 10.1 Å². The van der Waals surface area contributed by atoms with Gasteiger partial charge in [0.1, 0.15) is 11.8 Å². The predicted molar refractivity (Wildman–Crippen MR) is 100 cm³/mol. The largest absolute Gasteiger partial charge is 0.496 e. The average molecular weight is 366 g/mol. The number of rotatable bonds is 6. The monoisotopic (exact) mass is 366 g/mol. The van der Waals surface area contributed by atoms with E-state index in [0.29, 0.717) is 23.0 Å². The summed E-state index contributed by atoms with van der Waals surface area (Å²) >= 11 is 0. The van der Waals surface area contributed by atoms with Crippen LogP contribution in [0.1, 0.15) is 41.7 Å². The van der Waals surface area contributed by atoms with E-state index in [9.17, 15) is 4.79 Å². The predicted octanol–water partition coefficient (Wildman–Crippen LogP) is 3.58. The standard InChI is InChI=1S/C20H22N4O3/c1-12(2)17(20-23-18(24-27-20)14-7-9-21-10-8-14)22-19(25)15-6-5-13(3)16(11-15)26-4/h5-12,17H,1-4H3,(H,22,25). The van der Waals surface area contributed by atoms with Crippen LogP contribution in [-0.2, 0) is 0 Å². The van der Waals surface area contributed by atoms with E-state index in [2.05, 4.69) is 20.4 Å². The van der Waals surface area contributed by atoms with Crippen molar-refractivity contribution in [3.63, 3.8) is 0 Å². The Morgan fingerprint density at radius 1 is 1.19 bits per heavy atom. The minimum absolute atomic E-state index is 0.0621. The summed E-state index contributed by atoms with van der Waals surface area (Å²) in [5.41, 5.74) is 2.28. The van der Waals surface area contributed by atoms with Crippen molar-refractivity contribution in [1.29, 1.82) is 0 Å². The number of hydrogen-bond acceptors (Lipinski definition) is 6. The van der Waals surface area contributed by atoms with Crippen molar-refractivity contribution in [1.82, 2.24) is 20.4 Å². The van der Waals surface area contributed by atoms with Crippen LogP contribution in [0.3, 0.4) is 0 Å². The molecule has 3 aromatic rings. The summed E-state index contributed by atoms with van der Waals surface area (Å²) in [6, 6.07) is 8.53. The molecule has 7 nitrogen and oxygen atoms in total. The number of ether oxygens (including phenoxy) is 1. The van der Waals surface area contributed by atoms with Crippen LogP contribution in [0.15, 0.2) is 47.2 Å². The van der Waals surface area contributed by atoms with Gasteiger partial charge in [0.25, 0.3) is 5.91 Å². The summed E-state index contributed by atoms with van der Waals surface area (Å²) in [6.45, 7) is 5.89. The zero-order valence-corrected chi connectivity index (χ0v) is 15.8. The van der Waals surface area contributed by atoms with Gasteiger partial charge < -0.3 is 14.6 Å². The van der Waals surface area contributed by atoms with Gasteiger partial charge in [0.15, 0.2) is 0 Å². The van der Waals surface area contributed by atoms with Crippen LogP contribution in [0, 0.1) is 12.8 Å². The quantitative estimate of drug-likeness (QED) is 0.717. The lowest BCUT2D eigenvalue weighted by Gasteiger charge is -2.19. The minimum Gasteiger partial charge on any atom is -0.496 e. The maximum absolute atomic E-state index is 12.7. The Morgan fingerprint density at radius 3 is 2.59 bits per heavy atom. The Hall–Kier alpha value is -3.22. The maximum Gasteiger partial charge on any atom is 0.252 e. The van der Waals surface area contributed by atoms with Gasteiger partial charge in [0, 0.05) is 23.5 Å². The molecule has 0 fully saturated rings. The van der Waals surface area contributed by atoms with Crippen molar-refractivity contribution >= 4 is 5.91 Å². The molecule has 140 valence electrons. The van der Waals surface area contributed by atoms with Crippen LogP contribution >= 0.6 is 0 Å². The third kappa shape index (κ3) is 4.13. The molecule has 0 saturated heterocycles. The van der Waals surface area contributed by atoms with Crippen molar-refractivity contribution in [2.24, 2.45) is 5.92 Å². The molecule has 0 aliphatic carbocycles. The van der Waals surface area contributed by atoms with E-state index in [1.54, 1.807) is 43.8 Å². The Balaban J connectivity index is 1.82. The molecular formula is C20H22N4O3. The molecule has 0 saturated carbocycles. The summed E-state index contributed by atoms with van der Waals surface area (Å²) in [7, 11) is 1.58. The van der Waals surface area contributed by atoms with Gasteiger partial charge >= 0.3 is 0 Å². The maximum atomic E-state index is 12.7. The third-order valence-electron chi connectivity index (χ3n) is 4.27. The fourth-order valence-corrected chi connectivity index (χ4v) is 2.68. The van der Waals surface area contributed by atoms with Gasteiger partial charge in [-0.3, -0.25) is 9.78 Å². The molecule has 1 N–H and O–H groups in total. The molecule has 1 atom stereocenters. The molecule has 3 rings (SSSR count). The second kappa shape index (κ2) is 7.99. The number of pyridine rings is 1. The number of methoxy groups -OCH3 is 1. The highest BCUT2D eigenvalue weighted by Crippen LogP contribution is 2.25. The second-order valence-electron chi connectivity index (χ2n) is 6.57. The number of aromatic nitrogens is 3. The Morgan fingerprint density at radius 2 is 1.93 bits per heavy atom. The fourth-order valence-electron chi connectivity index (χ4n) is 2.68. The van der Waals surface area contributed by atoms with E-state index in [4.69, 9.17) is 9.26 Å². The van der Waals surface area contributed by atoms with Gasteiger partial charge in [0.2, 0.25) is 11.7 Å². The van der Waals surface area contributed by atoms with E-state index in [1.807, 2.05) is 26.8 Å². The number of benzene rings is 1. The van der Waals surface area contributed by atoms with Crippen molar-refractivity contribution < 1.29 is 14.1 Å². The lowest BCUT2D eigenvalue weighted by molar-refractivity contribution is 0.0913. The summed E-state index contributed by atoms with van der Waals surface area (Å²) in [6.07, 6.45) is 3.33. The first-order valence-electron chi connectivity index (χ1n) is 8.69. The van der Waals surface area contributed by atoms with E-state index < -0.39 is 6.04 Å². The first-order chi connectivity index (χ1) is 13.0. The third-order valence-corrected chi connectivity index (χ3v) is 4.27. The first-order valence-corrected chi connectivity index (χ1v) is 8.69. The molecule has 2 heterocycles. The van der Waals surface area contributed by atoms with E-state index in [-0.39, 0.29) is 11.8 Å². The number of aryl methyl sites for hydroxylation is 1. The van der Waals surface area contributed by atoms with E-state index in [0.717, 1.165) is 11.1 Å². The molecule has 0 radical (unpaired) electrons. The summed E-state index contributed by atoms with van der Waals surface area (Å²) in [5.74, 6) is 1.33. The molecule has 1 unspecified atom stereocenters. The van der Waals surface area contributed by atoms with Gasteiger partial charge in [-0.2, -0.15) is 4.98 Å². The average Bonchev–Trinajstić information content (AvgIpc) is 3.16. The lowest BCUT2D eigenvalue weighted by Crippen LogP contribution is -2.32. The number of hydrogen-bond donors (Lipinski definition) is 1. The summed E-state index contributed by atoms with van der Waals surface area (Å²) in [4.78, 5) is 21.2. The van der Waals surface area contributed by atoms with Crippen LogP contribution in [0.2, 0.25) is 0 Å². The van der Waals surface area contributed by atoms with Crippen LogP contribution in [0.5, 0.6) is 5.75 Å². The summed E-state index contributed by atoms with van der Waals surface area (Å²) in [5, 5.41) is 7.01. The van der Waals surface area contributed by atoms with Gasteiger partial charge in [-0.25, -0.2) is 0 Å². The molecule has 0 aliphatic rings. The van der Waals surface area contributed by atoms with Crippen molar-refractivity contribution in [2.45, 2.75) is 26.8 Å². The molecule has 0 aliphatic heterocycles. The lowest BCUT2D eigenvalue weighted by atomic mass is 10.0. The molecule has 2 aromatic heterocycles. The molecule has 0 bridgehead atoms. The minimum atomic E-state index is -0.409. The first kappa shape index (κ1) is 18.6. The van der Waals surface area contributed by atoms with Gasteiger partial charge in [0.05, 0.1) is 7.11 Å². The number of carbonyl (C=O) groups excluding carboxylic acids is 1. The van der Waals surface area contributed by atoms with E-state index in [1.165, 1.54) is 0 Å². The normalized spacial score (nSPS) is 12.0. The van der Waals surface area contributed by atoms with Crippen LogP contribution in [-0.4, -0.2) is 28.1 Å². The second-order valence-corrected chi connectivity index (χ2v) is 6.57. The molecule has 7 heteroatoms. The van der Waals surface area contributed by atoms with Gasteiger partial charge in [-0.15, -0.1) is 0 Å². The van der Waals surface area contributed by atoms with Crippen molar-refractivity contribution in [3.05, 3.63) is 59.7 Å². The summed E-state index contributed by atoms with van der Waals surface area (Å²) < 4.78 is 10.7. The number of nitrogens with one attached hydrogen (secondary N) is 1. The SMILES string of the molecule is COc1cc(C(=O)NC(c2nc(-c3ccncc3)no2)C(C)C)ccc1C. The highest BCUT2D eigenvalue weighted by molar-refractivity contribution is 5.95. The van der Waals surface area contributed by atoms with Crippen LogP contribution in [0.4, 0.5) is 0 Å². The smallest absolute Gasteiger partial charge is 0.252 e. The zero-order chi connectivity index (χ0) is 19.4. The molecule has 0 spiro atoms. The topological polar surface area (TPSA) is 90.1 Å². The molecule has 1 amide bonds. The van der Waals surface area contributed by atoms with Gasteiger partial charge in [-0.1, -0.05) is 25.1 Å². The fraction of sp³-hybridized carbons (Fsp3) is 0.300. The molecule has 27 heavy (non-hydrogen) atoms. The Kier molecular flexibility index (Phi) is 5.49. The highest BCUT2D eigenvalue weighted by atomic mass is 16.5. The highest BCUT2D eigenvalue weighted by Gasteiger charge is 2.25. The Bertz CT molecular complexity index is 922. The number of amides is 1. The molecular weight excluding hydrogens is 344 g/mol. The van der Waals surface area contributed by atoms with Crippen molar-refractivity contribution in [3.8, 4) is 17.1 Å². The van der Waals surface area contributed by atoms with E-state index >= 15 is 0 Å². The zero-order valence-electron chi connectivity index (χ0n) is 15.8. The molecule has 1 aromatic carbocycles.